The third-order valence-electron chi connectivity index (χ3n) is 1.54. The summed E-state index contributed by atoms with van der Waals surface area (Å²) in [4.78, 5) is 3.84. The molecule has 2 N–H and O–H groups in total. The number of hydrogen-bond acceptors (Lipinski definition) is 2. The zero-order valence-electron chi connectivity index (χ0n) is 6.40. The number of halogens is 4. The second-order valence-corrected chi connectivity index (χ2v) is 3.74. The van der Waals surface area contributed by atoms with E-state index >= 15 is 0 Å². The van der Waals surface area contributed by atoms with Gasteiger partial charge in [0.2, 0.25) is 0 Å². The van der Waals surface area contributed by atoms with Gasteiger partial charge in [0.05, 0.1) is 22.8 Å². The fraction of sp³-hybridized carbons (Fsp3) is 0.286. The lowest BCUT2D eigenvalue weighted by Gasteiger charge is -2.09. The lowest BCUT2D eigenvalue weighted by molar-refractivity contribution is 0.151. The first kappa shape index (κ1) is 10.9. The predicted octanol–water partition coefficient (Wildman–Crippen LogP) is 2.94. The molecule has 1 heterocycles. The Kier molecular flexibility index (Phi) is 3.66. The number of rotatable bonds is 2. The van der Waals surface area contributed by atoms with E-state index in [1.807, 2.05) is 0 Å². The largest absolute Gasteiger partial charge is 0.397 e. The molecule has 0 radical (unpaired) electrons. The highest BCUT2D eigenvalue weighted by atomic mass is 127. The first-order valence-corrected chi connectivity index (χ1v) is 4.96. The lowest BCUT2D eigenvalue weighted by Crippen LogP contribution is -2.04. The minimum Gasteiger partial charge on any atom is -0.397 e. The topological polar surface area (TPSA) is 38.9 Å². The number of aromatic nitrogens is 1. The Balaban J connectivity index is 3.30. The minimum absolute atomic E-state index is 0.00287. The van der Waals surface area contributed by atoms with E-state index in [2.05, 4.69) is 4.98 Å². The van der Waals surface area contributed by atoms with Crippen molar-refractivity contribution in [1.29, 1.82) is 0 Å². The Bertz CT molecular complexity index is 320. The highest BCUT2D eigenvalue weighted by molar-refractivity contribution is 14.1. The van der Waals surface area contributed by atoms with Gasteiger partial charge in [0, 0.05) is 9.77 Å². The molecule has 0 unspecified atom stereocenters. The van der Waals surface area contributed by atoms with Crippen molar-refractivity contribution in [2.24, 2.45) is 0 Å². The van der Waals surface area contributed by atoms with E-state index in [9.17, 15) is 8.78 Å². The molecule has 0 aliphatic rings. The summed E-state index contributed by atoms with van der Waals surface area (Å²) in [5.74, 6) is 0.0441. The number of alkyl halides is 3. The summed E-state index contributed by atoms with van der Waals surface area (Å²) in [6.45, 7) is 0. The standard InChI is InChI=1S/C7H6ClF2IN2/c8-1-4-6(12)5(7(9)10)3(11)2-13-4/h2,7H,1,12H2. The molecule has 0 bridgehead atoms. The molecule has 0 atom stereocenters. The van der Waals surface area contributed by atoms with Crippen LogP contribution in [0.1, 0.15) is 17.7 Å². The molecule has 0 saturated carbocycles. The number of nitrogen functional groups attached to an aromatic ring is 1. The monoisotopic (exact) mass is 318 g/mol. The molecule has 6 heteroatoms. The summed E-state index contributed by atoms with van der Waals surface area (Å²) in [5.41, 5.74) is 5.59. The first-order chi connectivity index (χ1) is 6.07. The van der Waals surface area contributed by atoms with Crippen LogP contribution in [0.15, 0.2) is 6.20 Å². The van der Waals surface area contributed by atoms with Crippen molar-refractivity contribution in [2.45, 2.75) is 12.3 Å². The lowest BCUT2D eigenvalue weighted by atomic mass is 10.2. The average molecular weight is 318 g/mol. The molecule has 2 nitrogen and oxygen atoms in total. The third-order valence-corrected chi connectivity index (χ3v) is 2.65. The summed E-state index contributed by atoms with van der Waals surface area (Å²) in [5, 5.41) is 0. The van der Waals surface area contributed by atoms with Crippen LogP contribution in [0.2, 0.25) is 0 Å². The van der Waals surface area contributed by atoms with Crippen LogP contribution in [-0.2, 0) is 5.88 Å². The van der Waals surface area contributed by atoms with Gasteiger partial charge in [-0.05, 0) is 22.6 Å². The molecule has 1 rings (SSSR count). The molecule has 1 aromatic rings. The SMILES string of the molecule is Nc1c(CCl)ncc(I)c1C(F)F. The maximum absolute atomic E-state index is 12.4. The fourth-order valence-corrected chi connectivity index (χ4v) is 1.76. The first-order valence-electron chi connectivity index (χ1n) is 3.34. The second kappa shape index (κ2) is 4.36. The van der Waals surface area contributed by atoms with Crippen LogP contribution in [0.25, 0.3) is 0 Å². The molecular weight excluding hydrogens is 312 g/mol. The van der Waals surface area contributed by atoms with Gasteiger partial charge in [-0.3, -0.25) is 4.98 Å². The Hall–Kier alpha value is -0.170. The van der Waals surface area contributed by atoms with Gasteiger partial charge in [-0.2, -0.15) is 0 Å². The van der Waals surface area contributed by atoms with Gasteiger partial charge in [0.25, 0.3) is 6.43 Å². The molecule has 0 aromatic carbocycles. The second-order valence-electron chi connectivity index (χ2n) is 2.31. The predicted molar refractivity (Wildman–Crippen MR) is 55.9 cm³/mol. The number of nitrogens with two attached hydrogens (primary N) is 1. The van der Waals surface area contributed by atoms with Crippen LogP contribution in [0, 0.1) is 3.57 Å². The molecule has 0 saturated heterocycles. The molecule has 1 aromatic heterocycles. The molecule has 0 spiro atoms. The van der Waals surface area contributed by atoms with Crippen molar-refractivity contribution >= 4 is 39.9 Å². The van der Waals surface area contributed by atoms with Crippen LogP contribution >= 0.6 is 34.2 Å². The zero-order valence-corrected chi connectivity index (χ0v) is 9.31. The Labute approximate surface area is 92.6 Å². The van der Waals surface area contributed by atoms with Crippen LogP contribution in [0.5, 0.6) is 0 Å². The van der Waals surface area contributed by atoms with E-state index in [0.29, 0.717) is 9.26 Å². The minimum atomic E-state index is -2.59. The Morgan fingerprint density at radius 2 is 2.23 bits per heavy atom. The van der Waals surface area contributed by atoms with Crippen LogP contribution in [-0.4, -0.2) is 4.98 Å². The molecule has 72 valence electrons. The van der Waals surface area contributed by atoms with Gasteiger partial charge in [0.1, 0.15) is 0 Å². The summed E-state index contributed by atoms with van der Waals surface area (Å²) in [6.07, 6.45) is -1.24. The average Bonchev–Trinajstić information content (AvgIpc) is 2.04. The quantitative estimate of drug-likeness (QED) is 0.672. The van der Waals surface area contributed by atoms with E-state index in [-0.39, 0.29) is 17.1 Å². The molecule has 0 aliphatic heterocycles. The maximum Gasteiger partial charge on any atom is 0.266 e. The maximum atomic E-state index is 12.4. The molecular formula is C7H6ClF2IN2. The van der Waals surface area contributed by atoms with Crippen molar-refractivity contribution in [3.05, 3.63) is 21.0 Å². The number of pyridine rings is 1. The van der Waals surface area contributed by atoms with Gasteiger partial charge in [0.15, 0.2) is 0 Å². The van der Waals surface area contributed by atoms with E-state index in [0.717, 1.165) is 0 Å². The normalized spacial score (nSPS) is 10.8. The smallest absolute Gasteiger partial charge is 0.266 e. The third kappa shape index (κ3) is 2.19. The molecule has 13 heavy (non-hydrogen) atoms. The number of hydrogen-bond donors (Lipinski definition) is 1. The van der Waals surface area contributed by atoms with Crippen LogP contribution in [0.4, 0.5) is 14.5 Å². The van der Waals surface area contributed by atoms with Crippen molar-refractivity contribution in [1.82, 2.24) is 4.98 Å². The Morgan fingerprint density at radius 1 is 1.62 bits per heavy atom. The fourth-order valence-electron chi connectivity index (χ4n) is 0.886. The van der Waals surface area contributed by atoms with Gasteiger partial charge in [-0.1, -0.05) is 0 Å². The molecule has 0 fully saturated rings. The Morgan fingerprint density at radius 3 is 2.69 bits per heavy atom. The summed E-state index contributed by atoms with van der Waals surface area (Å²) >= 11 is 7.24. The highest BCUT2D eigenvalue weighted by Gasteiger charge is 2.18. The van der Waals surface area contributed by atoms with Crippen LogP contribution < -0.4 is 5.73 Å². The number of nitrogens with zero attached hydrogens (tertiary/aromatic N) is 1. The highest BCUT2D eigenvalue weighted by Crippen LogP contribution is 2.31. The van der Waals surface area contributed by atoms with Gasteiger partial charge < -0.3 is 5.73 Å². The zero-order chi connectivity index (χ0) is 10.0. The van der Waals surface area contributed by atoms with Crippen molar-refractivity contribution in [3.8, 4) is 0 Å². The summed E-state index contributed by atoms with van der Waals surface area (Å²) < 4.78 is 25.3. The van der Waals surface area contributed by atoms with E-state index < -0.39 is 6.43 Å². The van der Waals surface area contributed by atoms with E-state index in [1.54, 1.807) is 22.6 Å². The van der Waals surface area contributed by atoms with Crippen molar-refractivity contribution < 1.29 is 8.78 Å². The van der Waals surface area contributed by atoms with Crippen molar-refractivity contribution in [3.63, 3.8) is 0 Å². The number of anilines is 1. The summed E-state index contributed by atoms with van der Waals surface area (Å²) in [6, 6.07) is 0. The van der Waals surface area contributed by atoms with Crippen LogP contribution in [0.3, 0.4) is 0 Å². The van der Waals surface area contributed by atoms with Crippen molar-refractivity contribution in [2.75, 3.05) is 5.73 Å². The van der Waals surface area contributed by atoms with Gasteiger partial charge >= 0.3 is 0 Å². The van der Waals surface area contributed by atoms with Gasteiger partial charge in [-0.25, -0.2) is 8.78 Å². The van der Waals surface area contributed by atoms with E-state index in [4.69, 9.17) is 17.3 Å². The van der Waals surface area contributed by atoms with Gasteiger partial charge in [-0.15, -0.1) is 11.6 Å². The summed E-state index contributed by atoms with van der Waals surface area (Å²) in [7, 11) is 0. The van der Waals surface area contributed by atoms with E-state index in [1.165, 1.54) is 6.20 Å². The molecule has 0 aliphatic carbocycles. The molecule has 0 amide bonds.